The topological polar surface area (TPSA) is 59.1 Å². The average molecular weight is 338 g/mol. The molecule has 0 unspecified atom stereocenters. The van der Waals surface area contributed by atoms with Gasteiger partial charge in [0, 0.05) is 30.6 Å². The Morgan fingerprint density at radius 3 is 2.75 bits per heavy atom. The summed E-state index contributed by atoms with van der Waals surface area (Å²) in [6, 6.07) is 6.07. The molecule has 2 aromatic rings. The van der Waals surface area contributed by atoms with Crippen molar-refractivity contribution in [1.82, 2.24) is 15.3 Å². The first-order valence-corrected chi connectivity index (χ1v) is 7.64. The van der Waals surface area contributed by atoms with Gasteiger partial charge in [0.1, 0.15) is 17.9 Å². The third-order valence-electron chi connectivity index (χ3n) is 3.77. The fraction of sp³-hybridized carbons (Fsp3) is 0.375. The molecule has 1 aliphatic heterocycles. The number of hydrogen-bond donors (Lipinski definition) is 2. The lowest BCUT2D eigenvalue weighted by Crippen LogP contribution is -2.19. The monoisotopic (exact) mass is 338 g/mol. The number of alkyl halides is 3. The second-order valence-corrected chi connectivity index (χ2v) is 5.41. The van der Waals surface area contributed by atoms with E-state index < -0.39 is 6.36 Å². The number of hydrogen-bond acceptors (Lipinski definition) is 5. The molecule has 8 heteroatoms. The van der Waals surface area contributed by atoms with Crippen molar-refractivity contribution in [2.45, 2.75) is 25.7 Å². The fourth-order valence-electron chi connectivity index (χ4n) is 2.68. The van der Waals surface area contributed by atoms with Gasteiger partial charge in [-0.25, -0.2) is 9.97 Å². The Hall–Kier alpha value is -2.35. The number of para-hydroxylation sites is 1. The molecule has 24 heavy (non-hydrogen) atoms. The Balaban J connectivity index is 1.77. The van der Waals surface area contributed by atoms with Crippen LogP contribution in [0.3, 0.4) is 0 Å². The number of aromatic nitrogens is 2. The maximum Gasteiger partial charge on any atom is 0.573 e. The Morgan fingerprint density at radius 1 is 1.12 bits per heavy atom. The first-order chi connectivity index (χ1) is 11.5. The molecular formula is C16H17F3N4O. The van der Waals surface area contributed by atoms with Crippen LogP contribution in [0.15, 0.2) is 30.6 Å². The molecule has 0 atom stereocenters. The van der Waals surface area contributed by atoms with Crippen LogP contribution >= 0.6 is 0 Å². The molecule has 1 aliphatic rings. The predicted octanol–water partition coefficient (Wildman–Crippen LogP) is 2.68. The Bertz CT molecular complexity index is 706. The van der Waals surface area contributed by atoms with Crippen LogP contribution in [0.1, 0.15) is 16.8 Å². The SMILES string of the molecule is FC(F)(F)Oc1ccccc1CNc1ncnc2c1CCNCC2. The summed E-state index contributed by atoms with van der Waals surface area (Å²) in [5, 5.41) is 6.41. The van der Waals surface area contributed by atoms with E-state index in [1.807, 2.05) is 0 Å². The maximum atomic E-state index is 12.5. The summed E-state index contributed by atoms with van der Waals surface area (Å²) in [4.78, 5) is 8.54. The number of nitrogens with zero attached hydrogens (tertiary/aromatic N) is 2. The van der Waals surface area contributed by atoms with Crippen LogP contribution in [0.5, 0.6) is 5.75 Å². The molecule has 3 rings (SSSR count). The van der Waals surface area contributed by atoms with Gasteiger partial charge in [-0.3, -0.25) is 0 Å². The molecule has 0 aliphatic carbocycles. The van der Waals surface area contributed by atoms with Crippen LogP contribution in [0.25, 0.3) is 0 Å². The number of nitrogens with one attached hydrogen (secondary N) is 2. The third kappa shape index (κ3) is 4.14. The minimum Gasteiger partial charge on any atom is -0.405 e. The normalized spacial score (nSPS) is 14.6. The Labute approximate surface area is 137 Å². The Kier molecular flexibility index (Phi) is 4.84. The number of halogens is 3. The van der Waals surface area contributed by atoms with Crippen molar-refractivity contribution in [2.75, 3.05) is 18.4 Å². The van der Waals surface area contributed by atoms with Gasteiger partial charge in [-0.15, -0.1) is 13.2 Å². The van der Waals surface area contributed by atoms with E-state index in [1.54, 1.807) is 12.1 Å². The van der Waals surface area contributed by atoms with Gasteiger partial charge in [-0.1, -0.05) is 18.2 Å². The molecule has 0 radical (unpaired) electrons. The van der Waals surface area contributed by atoms with Crippen molar-refractivity contribution in [3.05, 3.63) is 47.4 Å². The molecule has 1 aromatic heterocycles. The van der Waals surface area contributed by atoms with E-state index in [0.717, 1.165) is 37.2 Å². The summed E-state index contributed by atoms with van der Waals surface area (Å²) in [5.74, 6) is 0.449. The molecule has 2 heterocycles. The minimum absolute atomic E-state index is 0.184. The quantitative estimate of drug-likeness (QED) is 0.898. The van der Waals surface area contributed by atoms with E-state index in [-0.39, 0.29) is 12.3 Å². The van der Waals surface area contributed by atoms with Gasteiger partial charge in [0.2, 0.25) is 0 Å². The summed E-state index contributed by atoms with van der Waals surface area (Å²) in [5.41, 5.74) is 2.39. The lowest BCUT2D eigenvalue weighted by atomic mass is 10.1. The highest BCUT2D eigenvalue weighted by Crippen LogP contribution is 2.27. The summed E-state index contributed by atoms with van der Waals surface area (Å²) in [6.45, 7) is 1.86. The first kappa shape index (κ1) is 16.5. The van der Waals surface area contributed by atoms with Crippen molar-refractivity contribution in [3.63, 3.8) is 0 Å². The van der Waals surface area contributed by atoms with Crippen LogP contribution in [-0.2, 0) is 19.4 Å². The average Bonchev–Trinajstić information content (AvgIpc) is 2.78. The zero-order chi connectivity index (χ0) is 17.0. The van der Waals surface area contributed by atoms with Gasteiger partial charge in [-0.2, -0.15) is 0 Å². The van der Waals surface area contributed by atoms with E-state index in [4.69, 9.17) is 0 Å². The number of fused-ring (bicyclic) bond motifs is 1. The van der Waals surface area contributed by atoms with Crippen LogP contribution in [0, 0.1) is 0 Å². The van der Waals surface area contributed by atoms with Gasteiger partial charge in [0.15, 0.2) is 0 Å². The first-order valence-electron chi connectivity index (χ1n) is 7.64. The van der Waals surface area contributed by atoms with Crippen LogP contribution in [-0.4, -0.2) is 29.4 Å². The molecule has 0 fully saturated rings. The second kappa shape index (κ2) is 7.04. The molecule has 0 amide bonds. The van der Waals surface area contributed by atoms with Crippen LogP contribution in [0.4, 0.5) is 19.0 Å². The highest BCUT2D eigenvalue weighted by molar-refractivity contribution is 5.48. The summed E-state index contributed by atoms with van der Waals surface area (Å²) >= 11 is 0. The van der Waals surface area contributed by atoms with Gasteiger partial charge in [0.25, 0.3) is 0 Å². The lowest BCUT2D eigenvalue weighted by Gasteiger charge is -2.15. The van der Waals surface area contributed by atoms with E-state index in [2.05, 4.69) is 25.3 Å². The zero-order valence-electron chi connectivity index (χ0n) is 12.9. The van der Waals surface area contributed by atoms with Crippen molar-refractivity contribution in [1.29, 1.82) is 0 Å². The number of anilines is 1. The standard InChI is InChI=1S/C16H17F3N4O/c17-16(18,19)24-14-4-2-1-3-11(14)9-21-15-12-5-7-20-8-6-13(12)22-10-23-15/h1-4,10,20H,5-9H2,(H,21,22,23). The van der Waals surface area contributed by atoms with Gasteiger partial charge in [0.05, 0.1) is 5.69 Å². The van der Waals surface area contributed by atoms with Crippen molar-refractivity contribution in [3.8, 4) is 5.75 Å². The maximum absolute atomic E-state index is 12.5. The number of rotatable bonds is 4. The van der Waals surface area contributed by atoms with E-state index in [9.17, 15) is 13.2 Å². The second-order valence-electron chi connectivity index (χ2n) is 5.41. The minimum atomic E-state index is -4.71. The van der Waals surface area contributed by atoms with Crippen molar-refractivity contribution >= 4 is 5.82 Å². The molecule has 1 aromatic carbocycles. The van der Waals surface area contributed by atoms with Gasteiger partial charge >= 0.3 is 6.36 Å². The largest absolute Gasteiger partial charge is 0.573 e. The summed E-state index contributed by atoms with van der Waals surface area (Å²) in [6.07, 6.45) is -1.65. The van der Waals surface area contributed by atoms with E-state index >= 15 is 0 Å². The highest BCUT2D eigenvalue weighted by Gasteiger charge is 2.32. The zero-order valence-corrected chi connectivity index (χ0v) is 12.9. The van der Waals surface area contributed by atoms with Crippen LogP contribution < -0.4 is 15.4 Å². The predicted molar refractivity (Wildman–Crippen MR) is 82.8 cm³/mol. The number of ether oxygens (including phenoxy) is 1. The van der Waals surface area contributed by atoms with Crippen LogP contribution in [0.2, 0.25) is 0 Å². The van der Waals surface area contributed by atoms with E-state index in [0.29, 0.717) is 11.4 Å². The summed E-state index contributed by atoms with van der Waals surface area (Å²) in [7, 11) is 0. The Morgan fingerprint density at radius 2 is 1.92 bits per heavy atom. The molecule has 0 saturated carbocycles. The molecule has 0 bridgehead atoms. The van der Waals surface area contributed by atoms with Gasteiger partial charge < -0.3 is 15.4 Å². The fourth-order valence-corrected chi connectivity index (χ4v) is 2.68. The number of benzene rings is 1. The smallest absolute Gasteiger partial charge is 0.405 e. The van der Waals surface area contributed by atoms with Crippen molar-refractivity contribution in [2.24, 2.45) is 0 Å². The highest BCUT2D eigenvalue weighted by atomic mass is 19.4. The molecule has 5 nitrogen and oxygen atoms in total. The summed E-state index contributed by atoms with van der Waals surface area (Å²) < 4.78 is 41.5. The molecule has 2 N–H and O–H groups in total. The van der Waals surface area contributed by atoms with E-state index in [1.165, 1.54) is 18.5 Å². The molecule has 0 spiro atoms. The van der Waals surface area contributed by atoms with Crippen molar-refractivity contribution < 1.29 is 17.9 Å². The molecule has 128 valence electrons. The lowest BCUT2D eigenvalue weighted by molar-refractivity contribution is -0.274. The molecule has 0 saturated heterocycles. The molecular weight excluding hydrogens is 321 g/mol. The van der Waals surface area contributed by atoms with Gasteiger partial charge in [-0.05, 0) is 19.0 Å². The third-order valence-corrected chi connectivity index (χ3v) is 3.77.